The third-order valence-electron chi connectivity index (χ3n) is 7.86. The Hall–Kier alpha value is -4.59. The molecule has 2 aromatic carbocycles. The van der Waals surface area contributed by atoms with E-state index in [9.17, 15) is 20.0 Å². The van der Waals surface area contributed by atoms with Crippen molar-refractivity contribution in [2.45, 2.75) is 38.8 Å². The number of rotatable bonds is 7. The second-order valence-electron chi connectivity index (χ2n) is 10.7. The molecule has 214 valence electrons. The SMILES string of the molecule is Cc1cccc2cccc(N3CCc4c(nc(OCCC(=O)N(C)C)nc4N4CCN(C(=O)O)[C@@H](CC#N)C4)C3)c12. The van der Waals surface area contributed by atoms with Gasteiger partial charge in [-0.3, -0.25) is 4.79 Å². The van der Waals surface area contributed by atoms with Crippen molar-refractivity contribution in [3.63, 3.8) is 0 Å². The van der Waals surface area contributed by atoms with Crippen molar-refractivity contribution in [3.05, 3.63) is 53.2 Å². The Balaban J connectivity index is 1.48. The van der Waals surface area contributed by atoms with Crippen LogP contribution in [-0.2, 0) is 17.8 Å². The largest absolute Gasteiger partial charge is 0.465 e. The topological polar surface area (TPSA) is 126 Å². The fraction of sp³-hybridized carbons (Fsp3) is 0.433. The zero-order chi connectivity index (χ0) is 29.1. The van der Waals surface area contributed by atoms with Crippen LogP contribution >= 0.6 is 0 Å². The summed E-state index contributed by atoms with van der Waals surface area (Å²) < 4.78 is 5.92. The molecule has 11 heteroatoms. The first-order valence-electron chi connectivity index (χ1n) is 13.8. The number of anilines is 2. The van der Waals surface area contributed by atoms with Crippen molar-refractivity contribution in [3.8, 4) is 12.1 Å². The van der Waals surface area contributed by atoms with Crippen LogP contribution in [0, 0.1) is 18.3 Å². The quantitative estimate of drug-likeness (QED) is 0.465. The van der Waals surface area contributed by atoms with Crippen molar-refractivity contribution in [1.29, 1.82) is 5.26 Å². The first-order valence-corrected chi connectivity index (χ1v) is 13.8. The summed E-state index contributed by atoms with van der Waals surface area (Å²) in [6.45, 7) is 4.67. The van der Waals surface area contributed by atoms with Gasteiger partial charge >= 0.3 is 12.1 Å². The van der Waals surface area contributed by atoms with Crippen LogP contribution < -0.4 is 14.5 Å². The van der Waals surface area contributed by atoms with E-state index in [1.165, 1.54) is 26.1 Å². The van der Waals surface area contributed by atoms with Gasteiger partial charge in [0.15, 0.2) is 0 Å². The molecular formula is C30H35N7O4. The number of nitriles is 1. The van der Waals surface area contributed by atoms with Gasteiger partial charge in [-0.05, 0) is 30.4 Å². The lowest BCUT2D eigenvalue weighted by molar-refractivity contribution is -0.129. The monoisotopic (exact) mass is 557 g/mol. The molecule has 3 heterocycles. The first-order chi connectivity index (χ1) is 19.8. The lowest BCUT2D eigenvalue weighted by Crippen LogP contribution is -2.55. The number of carboxylic acid groups (broad SMARTS) is 1. The zero-order valence-corrected chi connectivity index (χ0v) is 23.7. The van der Waals surface area contributed by atoms with Gasteiger partial charge in [-0.25, -0.2) is 4.79 Å². The lowest BCUT2D eigenvalue weighted by atomic mass is 9.99. The molecule has 0 unspecified atom stereocenters. The van der Waals surface area contributed by atoms with Crippen molar-refractivity contribution in [2.75, 3.05) is 56.7 Å². The van der Waals surface area contributed by atoms with Crippen molar-refractivity contribution < 1.29 is 19.4 Å². The highest BCUT2D eigenvalue weighted by atomic mass is 16.5. The number of aryl methyl sites for hydroxylation is 1. The molecular weight excluding hydrogens is 522 g/mol. The Morgan fingerprint density at radius 1 is 1.12 bits per heavy atom. The summed E-state index contributed by atoms with van der Waals surface area (Å²) in [5.41, 5.74) is 4.21. The third-order valence-corrected chi connectivity index (χ3v) is 7.86. The van der Waals surface area contributed by atoms with Crippen LogP contribution in [0.4, 0.5) is 16.3 Å². The molecule has 11 nitrogen and oxygen atoms in total. The maximum atomic E-state index is 12.1. The molecule has 1 fully saturated rings. The second kappa shape index (κ2) is 11.9. The van der Waals surface area contributed by atoms with Crippen molar-refractivity contribution >= 4 is 34.3 Å². The maximum absolute atomic E-state index is 12.1. The number of ether oxygens (including phenoxy) is 1. The zero-order valence-electron chi connectivity index (χ0n) is 23.7. The third kappa shape index (κ3) is 5.82. The minimum atomic E-state index is -1.02. The molecule has 0 bridgehead atoms. The lowest BCUT2D eigenvalue weighted by Gasteiger charge is -2.41. The summed E-state index contributed by atoms with van der Waals surface area (Å²) in [4.78, 5) is 40.7. The van der Waals surface area contributed by atoms with Crippen LogP contribution in [0.25, 0.3) is 10.8 Å². The number of carbonyl (C=O) groups is 2. The predicted molar refractivity (Wildman–Crippen MR) is 155 cm³/mol. The average molecular weight is 558 g/mol. The van der Waals surface area contributed by atoms with Gasteiger partial charge in [0, 0.05) is 56.9 Å². The van der Waals surface area contributed by atoms with Crippen LogP contribution in [0.5, 0.6) is 6.01 Å². The highest BCUT2D eigenvalue weighted by Crippen LogP contribution is 2.36. The summed E-state index contributed by atoms with van der Waals surface area (Å²) in [5.74, 6) is 0.662. The Labute approximate surface area is 239 Å². The van der Waals surface area contributed by atoms with Gasteiger partial charge in [-0.1, -0.05) is 30.3 Å². The number of nitrogens with zero attached hydrogens (tertiary/aromatic N) is 7. The smallest absolute Gasteiger partial charge is 0.407 e. The van der Waals surface area contributed by atoms with E-state index in [2.05, 4.69) is 59.2 Å². The fourth-order valence-corrected chi connectivity index (χ4v) is 5.72. The average Bonchev–Trinajstić information content (AvgIpc) is 2.96. The van der Waals surface area contributed by atoms with Gasteiger partial charge in [0.1, 0.15) is 12.4 Å². The summed E-state index contributed by atoms with van der Waals surface area (Å²) in [6.07, 6.45) is -0.0226. The molecule has 0 spiro atoms. The van der Waals surface area contributed by atoms with Gasteiger partial charge in [0.25, 0.3) is 0 Å². The minimum Gasteiger partial charge on any atom is -0.465 e. The highest BCUT2D eigenvalue weighted by Gasteiger charge is 2.34. The van der Waals surface area contributed by atoms with Gasteiger partial charge in [-0.2, -0.15) is 15.2 Å². The van der Waals surface area contributed by atoms with E-state index >= 15 is 0 Å². The number of carbonyl (C=O) groups excluding carboxylic acids is 1. The minimum absolute atomic E-state index is 0.0511. The Bertz CT molecular complexity index is 1500. The van der Waals surface area contributed by atoms with Crippen LogP contribution in [0.15, 0.2) is 36.4 Å². The summed E-state index contributed by atoms with van der Waals surface area (Å²) >= 11 is 0. The number of fused-ring (bicyclic) bond motifs is 2. The van der Waals surface area contributed by atoms with Crippen molar-refractivity contribution in [2.24, 2.45) is 0 Å². The van der Waals surface area contributed by atoms with E-state index < -0.39 is 12.1 Å². The van der Waals surface area contributed by atoms with Gasteiger partial charge in [0.2, 0.25) is 5.91 Å². The van der Waals surface area contributed by atoms with Gasteiger partial charge in [-0.15, -0.1) is 0 Å². The van der Waals surface area contributed by atoms with E-state index in [-0.39, 0.29) is 37.9 Å². The molecule has 5 rings (SSSR count). The molecule has 3 aromatic rings. The number of benzene rings is 2. The second-order valence-corrected chi connectivity index (χ2v) is 10.7. The predicted octanol–water partition coefficient (Wildman–Crippen LogP) is 3.44. The van der Waals surface area contributed by atoms with E-state index in [0.29, 0.717) is 31.9 Å². The van der Waals surface area contributed by atoms with E-state index in [1.807, 2.05) is 0 Å². The molecule has 1 saturated heterocycles. The highest BCUT2D eigenvalue weighted by molar-refractivity contribution is 5.97. The number of hydrogen-bond donors (Lipinski definition) is 1. The Morgan fingerprint density at radius 2 is 1.90 bits per heavy atom. The molecule has 0 aliphatic carbocycles. The van der Waals surface area contributed by atoms with E-state index in [1.54, 1.807) is 14.1 Å². The number of piperazine rings is 1. The van der Waals surface area contributed by atoms with Crippen LogP contribution in [0.3, 0.4) is 0 Å². The van der Waals surface area contributed by atoms with Crippen LogP contribution in [0.1, 0.15) is 29.7 Å². The molecule has 1 atom stereocenters. The molecule has 2 amide bonds. The normalized spacial score (nSPS) is 16.7. The molecule has 1 N–H and O–H groups in total. The fourth-order valence-electron chi connectivity index (χ4n) is 5.72. The van der Waals surface area contributed by atoms with Crippen molar-refractivity contribution in [1.82, 2.24) is 19.8 Å². The summed E-state index contributed by atoms with van der Waals surface area (Å²) in [7, 11) is 3.40. The number of amides is 2. The molecule has 41 heavy (non-hydrogen) atoms. The summed E-state index contributed by atoms with van der Waals surface area (Å²) in [6, 6.07) is 14.5. The first kappa shape index (κ1) is 28.0. The van der Waals surface area contributed by atoms with E-state index in [4.69, 9.17) is 14.7 Å². The summed E-state index contributed by atoms with van der Waals surface area (Å²) in [5, 5.41) is 21.4. The maximum Gasteiger partial charge on any atom is 0.407 e. The number of aromatic nitrogens is 2. The molecule has 2 aliphatic heterocycles. The Morgan fingerprint density at radius 3 is 2.63 bits per heavy atom. The molecule has 2 aliphatic rings. The molecule has 1 aromatic heterocycles. The van der Waals surface area contributed by atoms with E-state index in [0.717, 1.165) is 23.5 Å². The molecule has 0 radical (unpaired) electrons. The van der Waals surface area contributed by atoms with Crippen LogP contribution in [-0.4, -0.2) is 89.8 Å². The molecule has 0 saturated carbocycles. The van der Waals surface area contributed by atoms with Crippen LogP contribution in [0.2, 0.25) is 0 Å². The Kier molecular flexibility index (Phi) is 8.10. The standard InChI is InChI=1S/C30H35N7O4/c1-20-6-4-7-21-8-5-9-25(27(20)21)35-14-11-23-24(19-35)32-29(41-17-12-26(38)34(2)3)33-28(23)36-15-16-37(30(39)40)22(18-36)10-13-31/h4-9,22H,10-12,14-19H2,1-3H3,(H,39,40)/t22-/m0/s1. The van der Waals surface area contributed by atoms with Gasteiger partial charge in [0.05, 0.1) is 37.2 Å². The number of hydrogen-bond acceptors (Lipinski definition) is 8. The van der Waals surface area contributed by atoms with Gasteiger partial charge < -0.3 is 29.4 Å².